The zero-order valence-corrected chi connectivity index (χ0v) is 14.9. The minimum absolute atomic E-state index is 0.329. The fraction of sp³-hybridized carbons (Fsp3) is 0.700. The summed E-state index contributed by atoms with van der Waals surface area (Å²) in [6, 6.07) is 9.15. The van der Waals surface area contributed by atoms with Crippen LogP contribution in [0.3, 0.4) is 0 Å². The minimum Gasteiger partial charge on any atom is -0.396 e. The first-order valence-corrected chi connectivity index (χ1v) is 9.55. The van der Waals surface area contributed by atoms with Crippen molar-refractivity contribution >= 4 is 11.4 Å². The smallest absolute Gasteiger partial charge is 0.0602 e. The van der Waals surface area contributed by atoms with E-state index in [1.807, 2.05) is 0 Å². The average molecular weight is 332 g/mol. The summed E-state index contributed by atoms with van der Waals surface area (Å²) < 4.78 is 5.47. The molecular weight excluding hydrogens is 300 g/mol. The molecule has 2 aliphatic rings. The number of aliphatic hydroxyl groups is 1. The van der Waals surface area contributed by atoms with Gasteiger partial charge in [0.1, 0.15) is 0 Å². The largest absolute Gasteiger partial charge is 0.396 e. The third-order valence-electron chi connectivity index (χ3n) is 5.55. The van der Waals surface area contributed by atoms with Gasteiger partial charge in [-0.3, -0.25) is 0 Å². The van der Waals surface area contributed by atoms with E-state index in [1.165, 1.54) is 30.6 Å². The number of hydrogen-bond acceptors (Lipinski definition) is 4. The number of nitrogens with one attached hydrogen (secondary N) is 1. The van der Waals surface area contributed by atoms with Gasteiger partial charge in [-0.1, -0.05) is 12.1 Å². The van der Waals surface area contributed by atoms with Gasteiger partial charge in [0.05, 0.1) is 11.4 Å². The monoisotopic (exact) mass is 332 g/mol. The van der Waals surface area contributed by atoms with Gasteiger partial charge >= 0.3 is 0 Å². The molecule has 134 valence electrons. The number of nitrogens with zero attached hydrogens (tertiary/aromatic N) is 1. The topological polar surface area (TPSA) is 44.7 Å². The molecule has 2 N–H and O–H groups in total. The lowest BCUT2D eigenvalue weighted by molar-refractivity contribution is 0.0629. The van der Waals surface area contributed by atoms with Gasteiger partial charge in [0.15, 0.2) is 0 Å². The SMILES string of the molecule is C[C@@H](CC1CCOCC1)Nc1ccccc1N1CCC(CO)CC1. The molecule has 2 aliphatic heterocycles. The summed E-state index contributed by atoms with van der Waals surface area (Å²) in [5.74, 6) is 1.27. The first-order valence-electron chi connectivity index (χ1n) is 9.55. The molecule has 2 saturated heterocycles. The molecule has 3 rings (SSSR count). The third-order valence-corrected chi connectivity index (χ3v) is 5.55. The van der Waals surface area contributed by atoms with Crippen LogP contribution in [0.1, 0.15) is 39.0 Å². The molecule has 1 aromatic rings. The van der Waals surface area contributed by atoms with Crippen LogP contribution in [0.4, 0.5) is 11.4 Å². The number of aliphatic hydroxyl groups excluding tert-OH is 1. The summed E-state index contributed by atoms with van der Waals surface area (Å²) in [7, 11) is 0. The summed E-state index contributed by atoms with van der Waals surface area (Å²) >= 11 is 0. The molecule has 2 heterocycles. The number of para-hydroxylation sites is 2. The highest BCUT2D eigenvalue weighted by Gasteiger charge is 2.21. The van der Waals surface area contributed by atoms with Crippen molar-refractivity contribution in [2.24, 2.45) is 11.8 Å². The standard InChI is InChI=1S/C20H32N2O2/c1-16(14-17-8-12-24-13-9-17)21-19-4-2-3-5-20(19)22-10-6-18(15-23)7-11-22/h2-5,16-18,21,23H,6-15H2,1H3/t16-/m0/s1. The molecule has 2 fully saturated rings. The van der Waals surface area contributed by atoms with E-state index in [4.69, 9.17) is 4.74 Å². The van der Waals surface area contributed by atoms with Crippen molar-refractivity contribution in [2.75, 3.05) is 43.1 Å². The molecular formula is C20H32N2O2. The van der Waals surface area contributed by atoms with Crippen molar-refractivity contribution in [3.63, 3.8) is 0 Å². The van der Waals surface area contributed by atoms with Crippen LogP contribution < -0.4 is 10.2 Å². The van der Waals surface area contributed by atoms with Crippen LogP contribution in [-0.2, 0) is 4.74 Å². The predicted octanol–water partition coefficient (Wildman–Crippen LogP) is 3.51. The number of benzene rings is 1. The molecule has 4 heteroatoms. The first kappa shape index (κ1) is 17.6. The van der Waals surface area contributed by atoms with Crippen LogP contribution in [0, 0.1) is 11.8 Å². The number of ether oxygens (including phenoxy) is 1. The third kappa shape index (κ3) is 4.64. The highest BCUT2D eigenvalue weighted by molar-refractivity contribution is 5.70. The van der Waals surface area contributed by atoms with Gasteiger partial charge in [0.2, 0.25) is 0 Å². The lowest BCUT2D eigenvalue weighted by Crippen LogP contribution is -2.35. The maximum atomic E-state index is 9.34. The van der Waals surface area contributed by atoms with Crippen LogP contribution in [0.2, 0.25) is 0 Å². The molecule has 0 bridgehead atoms. The summed E-state index contributed by atoms with van der Waals surface area (Å²) in [6.07, 6.45) is 5.78. The van der Waals surface area contributed by atoms with Gasteiger partial charge in [-0.15, -0.1) is 0 Å². The minimum atomic E-state index is 0.329. The Bertz CT molecular complexity index is 494. The van der Waals surface area contributed by atoms with E-state index in [2.05, 4.69) is 41.4 Å². The lowest BCUT2D eigenvalue weighted by Gasteiger charge is -2.35. The quantitative estimate of drug-likeness (QED) is 0.837. The lowest BCUT2D eigenvalue weighted by atomic mass is 9.93. The van der Waals surface area contributed by atoms with Gasteiger partial charge < -0.3 is 20.1 Å². The Morgan fingerprint density at radius 1 is 1.12 bits per heavy atom. The van der Waals surface area contributed by atoms with Gasteiger partial charge in [-0.25, -0.2) is 0 Å². The van der Waals surface area contributed by atoms with Crippen molar-refractivity contribution in [1.29, 1.82) is 0 Å². The molecule has 1 atom stereocenters. The second kappa shape index (κ2) is 8.72. The fourth-order valence-electron chi connectivity index (χ4n) is 4.03. The fourth-order valence-corrected chi connectivity index (χ4v) is 4.03. The molecule has 1 aromatic carbocycles. The Labute approximate surface area is 146 Å². The maximum absolute atomic E-state index is 9.34. The van der Waals surface area contributed by atoms with Gasteiger partial charge in [0.25, 0.3) is 0 Å². The highest BCUT2D eigenvalue weighted by Crippen LogP contribution is 2.31. The van der Waals surface area contributed by atoms with Gasteiger partial charge in [-0.05, 0) is 63.0 Å². The molecule has 0 unspecified atom stereocenters. The normalized spacial score (nSPS) is 21.7. The van der Waals surface area contributed by atoms with E-state index in [9.17, 15) is 5.11 Å². The molecule has 4 nitrogen and oxygen atoms in total. The van der Waals surface area contributed by atoms with Crippen LogP contribution >= 0.6 is 0 Å². The molecule has 0 amide bonds. The van der Waals surface area contributed by atoms with Crippen LogP contribution in [0.5, 0.6) is 0 Å². The number of hydrogen-bond donors (Lipinski definition) is 2. The molecule has 0 aromatic heterocycles. The van der Waals surface area contributed by atoms with Crippen LogP contribution in [0.15, 0.2) is 24.3 Å². The Balaban J connectivity index is 1.59. The molecule has 0 aliphatic carbocycles. The van der Waals surface area contributed by atoms with Crippen molar-refractivity contribution in [3.05, 3.63) is 24.3 Å². The Kier molecular flexibility index (Phi) is 6.38. The first-order chi connectivity index (χ1) is 11.8. The summed E-state index contributed by atoms with van der Waals surface area (Å²) in [6.45, 7) is 6.55. The average Bonchev–Trinajstić information content (AvgIpc) is 2.63. The second-order valence-electron chi connectivity index (χ2n) is 7.47. The van der Waals surface area contributed by atoms with E-state index in [-0.39, 0.29) is 0 Å². The van der Waals surface area contributed by atoms with Gasteiger partial charge in [-0.2, -0.15) is 0 Å². The predicted molar refractivity (Wildman–Crippen MR) is 99.7 cm³/mol. The second-order valence-corrected chi connectivity index (χ2v) is 7.47. The van der Waals surface area contributed by atoms with E-state index in [0.29, 0.717) is 18.6 Å². The Hall–Kier alpha value is -1.26. The summed E-state index contributed by atoms with van der Waals surface area (Å²) in [4.78, 5) is 2.47. The molecule has 0 saturated carbocycles. The zero-order chi connectivity index (χ0) is 16.8. The summed E-state index contributed by atoms with van der Waals surface area (Å²) in [5, 5.41) is 13.1. The van der Waals surface area contributed by atoms with E-state index in [0.717, 1.165) is 45.1 Å². The van der Waals surface area contributed by atoms with E-state index in [1.54, 1.807) is 0 Å². The van der Waals surface area contributed by atoms with E-state index >= 15 is 0 Å². The van der Waals surface area contributed by atoms with Crippen LogP contribution in [0.25, 0.3) is 0 Å². The highest BCUT2D eigenvalue weighted by atomic mass is 16.5. The van der Waals surface area contributed by atoms with Crippen LogP contribution in [-0.4, -0.2) is 44.1 Å². The Morgan fingerprint density at radius 3 is 2.54 bits per heavy atom. The van der Waals surface area contributed by atoms with Crippen molar-refractivity contribution < 1.29 is 9.84 Å². The van der Waals surface area contributed by atoms with Gasteiger partial charge in [0, 0.05) is 39.0 Å². The van der Waals surface area contributed by atoms with Crippen molar-refractivity contribution in [3.8, 4) is 0 Å². The summed E-state index contributed by atoms with van der Waals surface area (Å²) in [5.41, 5.74) is 2.56. The van der Waals surface area contributed by atoms with E-state index < -0.39 is 0 Å². The number of anilines is 2. The maximum Gasteiger partial charge on any atom is 0.0602 e. The number of piperidine rings is 1. The molecule has 0 spiro atoms. The molecule has 24 heavy (non-hydrogen) atoms. The van der Waals surface area contributed by atoms with Crippen molar-refractivity contribution in [2.45, 2.75) is 45.1 Å². The Morgan fingerprint density at radius 2 is 1.83 bits per heavy atom. The number of rotatable bonds is 6. The molecule has 0 radical (unpaired) electrons. The van der Waals surface area contributed by atoms with Crippen molar-refractivity contribution in [1.82, 2.24) is 0 Å². The zero-order valence-electron chi connectivity index (χ0n) is 14.9.